The molecule has 2 aromatic rings. The minimum atomic E-state index is -3.61. The van der Waals surface area contributed by atoms with Gasteiger partial charge in [-0.25, -0.2) is 13.1 Å². The van der Waals surface area contributed by atoms with Gasteiger partial charge in [0.15, 0.2) is 0 Å². The summed E-state index contributed by atoms with van der Waals surface area (Å²) in [5.74, 6) is 1.05. The largest absolute Gasteiger partial charge is 0.497 e. The van der Waals surface area contributed by atoms with Gasteiger partial charge in [-0.3, -0.25) is 4.79 Å². The van der Waals surface area contributed by atoms with Crippen molar-refractivity contribution in [3.05, 3.63) is 54.1 Å². The molecule has 0 atom stereocenters. The van der Waals surface area contributed by atoms with E-state index in [9.17, 15) is 13.2 Å². The predicted octanol–water partition coefficient (Wildman–Crippen LogP) is 2.48. The van der Waals surface area contributed by atoms with E-state index in [0.29, 0.717) is 49.3 Å². The zero-order valence-corrected chi connectivity index (χ0v) is 17.0. The molecule has 0 bridgehead atoms. The van der Waals surface area contributed by atoms with Gasteiger partial charge in [-0.2, -0.15) is 0 Å². The second-order valence-corrected chi connectivity index (χ2v) is 9.25. The van der Waals surface area contributed by atoms with Crippen LogP contribution in [-0.4, -0.2) is 39.6 Å². The highest BCUT2D eigenvalue weighted by atomic mass is 32.2. The maximum Gasteiger partial charge on any atom is 0.255 e. The molecular formula is C21H24N2O5S. The summed E-state index contributed by atoms with van der Waals surface area (Å²) < 4.78 is 39.5. The first-order chi connectivity index (χ1) is 13.9. The number of amides is 1. The number of hydrogen-bond acceptors (Lipinski definition) is 5. The van der Waals surface area contributed by atoms with Gasteiger partial charge < -0.3 is 14.8 Å². The third-order valence-corrected chi connectivity index (χ3v) is 7.15. The van der Waals surface area contributed by atoms with Crippen molar-refractivity contribution >= 4 is 15.9 Å². The van der Waals surface area contributed by atoms with Gasteiger partial charge >= 0.3 is 0 Å². The Bertz CT molecular complexity index is 996. The van der Waals surface area contributed by atoms with Crippen LogP contribution in [0.5, 0.6) is 11.5 Å². The topological polar surface area (TPSA) is 93.7 Å². The van der Waals surface area contributed by atoms with E-state index in [1.807, 2.05) is 12.1 Å². The van der Waals surface area contributed by atoms with Crippen LogP contribution >= 0.6 is 0 Å². The zero-order valence-electron chi connectivity index (χ0n) is 16.2. The van der Waals surface area contributed by atoms with Gasteiger partial charge in [0.25, 0.3) is 5.91 Å². The first-order valence-electron chi connectivity index (χ1n) is 9.63. The van der Waals surface area contributed by atoms with E-state index >= 15 is 0 Å². The maximum atomic E-state index is 12.7. The molecule has 1 spiro atoms. The van der Waals surface area contributed by atoms with Gasteiger partial charge in [-0.1, -0.05) is 12.1 Å². The lowest BCUT2D eigenvalue weighted by Gasteiger charge is -2.39. The highest BCUT2D eigenvalue weighted by Gasteiger charge is 2.41. The molecule has 1 aliphatic heterocycles. The summed E-state index contributed by atoms with van der Waals surface area (Å²) in [6.45, 7) is 0.415. The number of benzene rings is 2. The monoisotopic (exact) mass is 416 g/mol. The number of sulfonamides is 1. The summed E-state index contributed by atoms with van der Waals surface area (Å²) in [7, 11) is -2.07. The molecule has 0 aromatic heterocycles. The average Bonchev–Trinajstić information content (AvgIpc) is 2.87. The average molecular weight is 416 g/mol. The SMILES string of the molecule is COc1ccc(S(=O)(=O)NC2CCC3(CC2)CNC(=O)c2ccccc2O3)cc1. The van der Waals surface area contributed by atoms with Gasteiger partial charge in [0.05, 0.1) is 24.1 Å². The van der Waals surface area contributed by atoms with Crippen molar-refractivity contribution in [3.63, 3.8) is 0 Å². The number of hydrogen-bond donors (Lipinski definition) is 2. The van der Waals surface area contributed by atoms with Crippen LogP contribution in [-0.2, 0) is 10.0 Å². The summed E-state index contributed by atoms with van der Waals surface area (Å²) in [6.07, 6.45) is 2.57. The normalized spacial score (nSPS) is 24.2. The lowest BCUT2D eigenvalue weighted by molar-refractivity contribution is 0.0287. The van der Waals surface area contributed by atoms with Gasteiger partial charge in [0, 0.05) is 6.04 Å². The van der Waals surface area contributed by atoms with Crippen LogP contribution in [0, 0.1) is 0 Å². The molecule has 1 amide bonds. The van der Waals surface area contributed by atoms with E-state index in [1.165, 1.54) is 19.2 Å². The quantitative estimate of drug-likeness (QED) is 0.799. The molecule has 2 N–H and O–H groups in total. The Balaban J connectivity index is 1.43. The molecule has 1 fully saturated rings. The smallest absolute Gasteiger partial charge is 0.255 e. The van der Waals surface area contributed by atoms with Crippen LogP contribution in [0.1, 0.15) is 36.0 Å². The first-order valence-corrected chi connectivity index (χ1v) is 11.1. The van der Waals surface area contributed by atoms with E-state index in [0.717, 1.165) is 0 Å². The van der Waals surface area contributed by atoms with Crippen molar-refractivity contribution < 1.29 is 22.7 Å². The molecular weight excluding hydrogens is 392 g/mol. The number of para-hydroxylation sites is 1. The summed E-state index contributed by atoms with van der Waals surface area (Å²) in [5, 5.41) is 2.95. The van der Waals surface area contributed by atoms with Crippen molar-refractivity contribution in [3.8, 4) is 11.5 Å². The second-order valence-electron chi connectivity index (χ2n) is 7.54. The Kier molecular flexibility index (Phi) is 5.23. The van der Waals surface area contributed by atoms with Crippen LogP contribution in [0.4, 0.5) is 0 Å². The minimum Gasteiger partial charge on any atom is -0.497 e. The Hall–Kier alpha value is -2.58. The van der Waals surface area contributed by atoms with Crippen molar-refractivity contribution in [1.82, 2.24) is 10.0 Å². The van der Waals surface area contributed by atoms with E-state index in [-0.39, 0.29) is 16.8 Å². The summed E-state index contributed by atoms with van der Waals surface area (Å²) >= 11 is 0. The van der Waals surface area contributed by atoms with Gasteiger partial charge in [-0.15, -0.1) is 0 Å². The fraction of sp³-hybridized carbons (Fsp3) is 0.381. The maximum absolute atomic E-state index is 12.7. The summed E-state index contributed by atoms with van der Waals surface area (Å²) in [6, 6.07) is 13.4. The number of rotatable bonds is 4. The highest BCUT2D eigenvalue weighted by Crippen LogP contribution is 2.36. The predicted molar refractivity (Wildman–Crippen MR) is 108 cm³/mol. The first kappa shape index (κ1) is 19.7. The molecule has 0 radical (unpaired) electrons. The molecule has 2 aliphatic rings. The number of carbonyl (C=O) groups is 1. The third-order valence-electron chi connectivity index (χ3n) is 5.62. The molecule has 4 rings (SSSR count). The zero-order chi connectivity index (χ0) is 20.5. The number of carbonyl (C=O) groups excluding carboxylic acids is 1. The van der Waals surface area contributed by atoms with Crippen LogP contribution in [0.15, 0.2) is 53.4 Å². The second kappa shape index (κ2) is 7.68. The van der Waals surface area contributed by atoms with Crippen LogP contribution in [0.25, 0.3) is 0 Å². The van der Waals surface area contributed by atoms with E-state index in [1.54, 1.807) is 24.3 Å². The van der Waals surface area contributed by atoms with Crippen molar-refractivity contribution in [2.45, 2.75) is 42.2 Å². The Morgan fingerprint density at radius 1 is 1.10 bits per heavy atom. The number of fused-ring (bicyclic) bond motifs is 1. The van der Waals surface area contributed by atoms with Crippen LogP contribution < -0.4 is 19.5 Å². The molecule has 154 valence electrons. The Morgan fingerprint density at radius 3 is 2.48 bits per heavy atom. The molecule has 1 saturated carbocycles. The summed E-state index contributed by atoms with van der Waals surface area (Å²) in [4.78, 5) is 12.5. The van der Waals surface area contributed by atoms with E-state index < -0.39 is 15.6 Å². The van der Waals surface area contributed by atoms with Gasteiger partial charge in [0.1, 0.15) is 17.1 Å². The van der Waals surface area contributed by atoms with Crippen LogP contribution in [0.2, 0.25) is 0 Å². The standard InChI is InChI=1S/C21H24N2O5S/c1-27-16-6-8-17(9-7-16)29(25,26)23-15-10-12-21(13-11-15)14-22-20(24)18-4-2-3-5-19(18)28-21/h2-9,15,23H,10-14H2,1H3,(H,22,24). The Morgan fingerprint density at radius 2 is 1.79 bits per heavy atom. The van der Waals surface area contributed by atoms with Crippen molar-refractivity contribution in [2.75, 3.05) is 13.7 Å². The van der Waals surface area contributed by atoms with Crippen molar-refractivity contribution in [2.24, 2.45) is 0 Å². The Labute approximate surface area is 170 Å². The molecule has 8 heteroatoms. The summed E-state index contributed by atoms with van der Waals surface area (Å²) in [5.41, 5.74) is 0.0244. The lowest BCUT2D eigenvalue weighted by atomic mass is 9.82. The lowest BCUT2D eigenvalue weighted by Crippen LogP contribution is -2.51. The molecule has 0 unspecified atom stereocenters. The minimum absolute atomic E-state index is 0.139. The molecule has 1 aliphatic carbocycles. The third kappa shape index (κ3) is 4.09. The molecule has 1 heterocycles. The molecule has 0 saturated heterocycles. The fourth-order valence-corrected chi connectivity index (χ4v) is 5.24. The van der Waals surface area contributed by atoms with Gasteiger partial charge in [-0.05, 0) is 62.1 Å². The van der Waals surface area contributed by atoms with E-state index in [2.05, 4.69) is 10.0 Å². The van der Waals surface area contributed by atoms with E-state index in [4.69, 9.17) is 9.47 Å². The number of nitrogens with one attached hydrogen (secondary N) is 2. The van der Waals surface area contributed by atoms with Gasteiger partial charge in [0.2, 0.25) is 10.0 Å². The molecule has 2 aromatic carbocycles. The number of ether oxygens (including phenoxy) is 2. The van der Waals surface area contributed by atoms with Crippen molar-refractivity contribution in [1.29, 1.82) is 0 Å². The molecule has 7 nitrogen and oxygen atoms in total. The highest BCUT2D eigenvalue weighted by molar-refractivity contribution is 7.89. The fourth-order valence-electron chi connectivity index (χ4n) is 3.93. The van der Waals surface area contributed by atoms with Crippen LogP contribution in [0.3, 0.4) is 0 Å². The molecule has 29 heavy (non-hydrogen) atoms. The number of methoxy groups -OCH3 is 1.